The Hall–Kier alpha value is -3.61. The first-order valence-corrected chi connectivity index (χ1v) is 13.5. The van der Waals surface area contributed by atoms with Crippen molar-refractivity contribution in [1.29, 1.82) is 0 Å². The molecule has 2 aliphatic carbocycles. The zero-order valence-electron chi connectivity index (χ0n) is 20.9. The van der Waals surface area contributed by atoms with Gasteiger partial charge in [0.15, 0.2) is 11.5 Å². The molecule has 0 spiro atoms. The lowest BCUT2D eigenvalue weighted by molar-refractivity contribution is -0.124. The second-order valence-corrected chi connectivity index (χ2v) is 11.2. The standard InChI is InChI=1S/C31H27ClN2O4/c1-16-14-25(35)20(15-22(16)32)27-26-28(17-8-2-3-9-18(17)29(26)36)33-23-12-6-7-13-24(23)34-30(37)19-10-4-5-11-21(19)31(27,34)38/h2-5,8-11,14-15,23-24,27,33,35,38H,6-7,12-13H2,1H3. The third-order valence-corrected chi connectivity index (χ3v) is 9.20. The van der Waals surface area contributed by atoms with Crippen LogP contribution in [0.15, 0.2) is 66.2 Å². The number of rotatable bonds is 1. The average Bonchev–Trinajstić information content (AvgIpc) is 3.30. The quantitative estimate of drug-likeness (QED) is 0.402. The van der Waals surface area contributed by atoms with Gasteiger partial charge in [-0.2, -0.15) is 0 Å². The molecule has 38 heavy (non-hydrogen) atoms. The van der Waals surface area contributed by atoms with Crippen molar-refractivity contribution < 1.29 is 19.8 Å². The zero-order valence-corrected chi connectivity index (χ0v) is 21.6. The Bertz CT molecular complexity index is 1580. The summed E-state index contributed by atoms with van der Waals surface area (Å²) in [5.74, 6) is -1.67. The van der Waals surface area contributed by atoms with Gasteiger partial charge in [0.1, 0.15) is 5.75 Å². The number of aliphatic hydroxyl groups is 1. The predicted molar refractivity (Wildman–Crippen MR) is 144 cm³/mol. The largest absolute Gasteiger partial charge is 0.508 e. The first kappa shape index (κ1) is 23.5. The highest BCUT2D eigenvalue weighted by molar-refractivity contribution is 6.31. The van der Waals surface area contributed by atoms with Crippen molar-refractivity contribution >= 4 is 29.0 Å². The fourth-order valence-electron chi connectivity index (χ4n) is 7.10. The van der Waals surface area contributed by atoms with Crippen molar-refractivity contribution in [2.24, 2.45) is 0 Å². The lowest BCUT2D eigenvalue weighted by Crippen LogP contribution is -2.61. The van der Waals surface area contributed by atoms with Gasteiger partial charge in [-0.1, -0.05) is 66.9 Å². The smallest absolute Gasteiger partial charge is 0.257 e. The van der Waals surface area contributed by atoms with Crippen LogP contribution in [-0.2, 0) is 5.72 Å². The first-order valence-electron chi connectivity index (χ1n) is 13.1. The van der Waals surface area contributed by atoms with Crippen LogP contribution in [0.3, 0.4) is 0 Å². The molecule has 0 saturated heterocycles. The molecule has 3 N–H and O–H groups in total. The van der Waals surface area contributed by atoms with Crippen LogP contribution in [0.4, 0.5) is 0 Å². The first-order chi connectivity index (χ1) is 18.3. The number of phenolic OH excluding ortho intramolecular Hbond substituents is 1. The van der Waals surface area contributed by atoms with Crippen LogP contribution < -0.4 is 5.32 Å². The summed E-state index contributed by atoms with van der Waals surface area (Å²) in [5, 5.41) is 28.4. The van der Waals surface area contributed by atoms with Crippen molar-refractivity contribution in [3.8, 4) is 5.75 Å². The molecule has 0 aromatic heterocycles. The van der Waals surface area contributed by atoms with Gasteiger partial charge >= 0.3 is 0 Å². The second kappa shape index (κ2) is 8.19. The second-order valence-electron chi connectivity index (χ2n) is 10.8. The molecule has 3 aromatic rings. The molecule has 0 radical (unpaired) electrons. The number of nitrogens with one attached hydrogen (secondary N) is 1. The number of nitrogens with zero attached hydrogens (tertiary/aromatic N) is 1. The van der Waals surface area contributed by atoms with E-state index in [0.717, 1.165) is 24.8 Å². The summed E-state index contributed by atoms with van der Waals surface area (Å²) in [6.07, 6.45) is 3.43. The van der Waals surface area contributed by atoms with Crippen molar-refractivity contribution in [3.05, 3.63) is 105 Å². The molecule has 1 amide bonds. The van der Waals surface area contributed by atoms with Gasteiger partial charge in [0.05, 0.1) is 17.7 Å². The number of phenols is 1. The summed E-state index contributed by atoms with van der Waals surface area (Å²) >= 11 is 6.58. The molecule has 6 nitrogen and oxygen atoms in total. The van der Waals surface area contributed by atoms with E-state index in [1.165, 1.54) is 0 Å². The fraction of sp³-hybridized carbons (Fsp3) is 0.290. The number of amides is 1. The molecule has 3 aromatic carbocycles. The average molecular weight is 527 g/mol. The summed E-state index contributed by atoms with van der Waals surface area (Å²) in [6, 6.07) is 17.2. The Kier molecular flexibility index (Phi) is 5.07. The molecule has 1 fully saturated rings. The Morgan fingerprint density at radius 1 is 0.974 bits per heavy atom. The van der Waals surface area contributed by atoms with Crippen LogP contribution in [0, 0.1) is 6.92 Å². The summed E-state index contributed by atoms with van der Waals surface area (Å²) < 4.78 is 0. The number of aromatic hydroxyl groups is 1. The van der Waals surface area contributed by atoms with E-state index in [0.29, 0.717) is 50.5 Å². The van der Waals surface area contributed by atoms with Gasteiger partial charge in [-0.05, 0) is 43.5 Å². The van der Waals surface area contributed by atoms with E-state index in [1.807, 2.05) is 18.2 Å². The number of Topliss-reactive ketones (excluding diaryl/α,β-unsaturated/α-hetero) is 1. The van der Waals surface area contributed by atoms with E-state index in [-0.39, 0.29) is 29.5 Å². The third kappa shape index (κ3) is 2.99. The molecular formula is C31H27ClN2O4. The number of ketones is 1. The van der Waals surface area contributed by atoms with E-state index in [2.05, 4.69) is 5.32 Å². The van der Waals surface area contributed by atoms with Crippen LogP contribution in [0.5, 0.6) is 5.75 Å². The lowest BCUT2D eigenvalue weighted by Gasteiger charge is -2.50. The molecule has 2 aliphatic heterocycles. The molecule has 2 heterocycles. The minimum Gasteiger partial charge on any atom is -0.508 e. The molecule has 4 unspecified atom stereocenters. The maximum absolute atomic E-state index is 14.2. The monoisotopic (exact) mass is 526 g/mol. The molecule has 4 aliphatic rings. The van der Waals surface area contributed by atoms with E-state index >= 15 is 0 Å². The molecule has 0 bridgehead atoms. The summed E-state index contributed by atoms with van der Waals surface area (Å²) in [5.41, 5.74) is 2.22. The molecule has 4 atom stereocenters. The Labute approximate surface area is 225 Å². The molecule has 192 valence electrons. The predicted octanol–water partition coefficient (Wildman–Crippen LogP) is 5.26. The minimum absolute atomic E-state index is 0.0847. The van der Waals surface area contributed by atoms with Crippen LogP contribution in [-0.4, -0.2) is 38.9 Å². The molecular weight excluding hydrogens is 500 g/mol. The Morgan fingerprint density at radius 2 is 1.66 bits per heavy atom. The highest BCUT2D eigenvalue weighted by Crippen LogP contribution is 2.57. The Balaban J connectivity index is 1.61. The third-order valence-electron chi connectivity index (χ3n) is 8.80. The number of hydrogen-bond donors (Lipinski definition) is 3. The maximum Gasteiger partial charge on any atom is 0.257 e. The fourth-order valence-corrected chi connectivity index (χ4v) is 7.27. The lowest BCUT2D eigenvalue weighted by atomic mass is 9.74. The zero-order chi connectivity index (χ0) is 26.3. The normalized spacial score (nSPS) is 27.6. The topological polar surface area (TPSA) is 89.9 Å². The van der Waals surface area contributed by atoms with Gasteiger partial charge in [0, 0.05) is 44.5 Å². The van der Waals surface area contributed by atoms with Gasteiger partial charge < -0.3 is 20.4 Å². The SMILES string of the molecule is Cc1cc(O)c(C2C3=C(NC4CCCCC4N4C(=O)c5ccccc5C24O)c2ccccc2C3=O)cc1Cl. The van der Waals surface area contributed by atoms with Gasteiger partial charge in [-0.3, -0.25) is 9.59 Å². The summed E-state index contributed by atoms with van der Waals surface area (Å²) in [7, 11) is 0. The number of carbonyl (C=O) groups is 2. The van der Waals surface area contributed by atoms with Crippen LogP contribution in [0.2, 0.25) is 5.02 Å². The number of hydrogen-bond acceptors (Lipinski definition) is 5. The van der Waals surface area contributed by atoms with Gasteiger partial charge in [0.2, 0.25) is 0 Å². The van der Waals surface area contributed by atoms with E-state index < -0.39 is 11.6 Å². The van der Waals surface area contributed by atoms with E-state index in [1.54, 1.807) is 54.3 Å². The maximum atomic E-state index is 14.2. The Morgan fingerprint density at radius 3 is 2.45 bits per heavy atom. The highest BCUT2D eigenvalue weighted by Gasteiger charge is 2.61. The van der Waals surface area contributed by atoms with Crippen molar-refractivity contribution in [3.63, 3.8) is 0 Å². The number of benzene rings is 3. The van der Waals surface area contributed by atoms with Crippen LogP contribution >= 0.6 is 11.6 Å². The van der Waals surface area contributed by atoms with Gasteiger partial charge in [-0.25, -0.2) is 0 Å². The number of carbonyl (C=O) groups excluding carboxylic acids is 2. The molecule has 7 heteroatoms. The summed E-state index contributed by atoms with van der Waals surface area (Å²) in [6.45, 7) is 1.79. The van der Waals surface area contributed by atoms with E-state index in [9.17, 15) is 19.8 Å². The van der Waals surface area contributed by atoms with Crippen molar-refractivity contribution in [2.45, 2.75) is 56.3 Å². The number of fused-ring (bicyclic) bond motifs is 7. The highest BCUT2D eigenvalue weighted by atomic mass is 35.5. The minimum atomic E-state index is -1.91. The van der Waals surface area contributed by atoms with Crippen molar-refractivity contribution in [1.82, 2.24) is 10.2 Å². The van der Waals surface area contributed by atoms with Gasteiger partial charge in [0.25, 0.3) is 5.91 Å². The summed E-state index contributed by atoms with van der Waals surface area (Å²) in [4.78, 5) is 29.9. The molecule has 7 rings (SSSR count). The van der Waals surface area contributed by atoms with Gasteiger partial charge in [-0.15, -0.1) is 0 Å². The number of halogens is 1. The van der Waals surface area contributed by atoms with Crippen LogP contribution in [0.25, 0.3) is 5.70 Å². The molecule has 1 saturated carbocycles. The van der Waals surface area contributed by atoms with Crippen LogP contribution in [0.1, 0.15) is 74.6 Å². The number of aryl methyl sites for hydroxylation is 1. The van der Waals surface area contributed by atoms with Crippen molar-refractivity contribution in [2.75, 3.05) is 0 Å². The van der Waals surface area contributed by atoms with E-state index in [4.69, 9.17) is 11.6 Å².